The van der Waals surface area contributed by atoms with E-state index in [2.05, 4.69) is 10.1 Å². The van der Waals surface area contributed by atoms with Gasteiger partial charge in [-0.3, -0.25) is 4.79 Å². The topological polar surface area (TPSA) is 81.4 Å². The number of anilines is 1. The Hall–Kier alpha value is -2.09. The highest BCUT2D eigenvalue weighted by atomic mass is 35.5. The largest absolute Gasteiger partial charge is 0.465 e. The molecule has 1 amide bonds. The van der Waals surface area contributed by atoms with Crippen LogP contribution in [0, 0.1) is 5.82 Å². The number of hydrogen-bond donors (Lipinski definition) is 3. The number of rotatable bonds is 3. The number of thiol groups is 1. The molecule has 2 aromatic rings. The molecule has 0 bridgehead atoms. The van der Waals surface area contributed by atoms with Crippen LogP contribution in [0.25, 0.3) is 0 Å². The van der Waals surface area contributed by atoms with Crippen molar-refractivity contribution in [3.63, 3.8) is 0 Å². The van der Waals surface area contributed by atoms with Gasteiger partial charge in [-0.2, -0.15) is 0 Å². The molecule has 0 spiro atoms. The number of carbonyl (C=O) groups is 2. The fourth-order valence-electron chi connectivity index (χ4n) is 2.79. The van der Waals surface area contributed by atoms with Crippen LogP contribution < -0.4 is 11.1 Å². The first-order valence-corrected chi connectivity index (χ1v) is 9.95. The van der Waals surface area contributed by atoms with Gasteiger partial charge >= 0.3 is 5.97 Å². The van der Waals surface area contributed by atoms with Gasteiger partial charge in [0.2, 0.25) is 5.91 Å². The number of esters is 1. The highest BCUT2D eigenvalue weighted by Gasteiger charge is 2.28. The molecule has 8 heteroatoms. The number of fused-ring (bicyclic) bond motifs is 1. The van der Waals surface area contributed by atoms with E-state index in [0.717, 1.165) is 5.56 Å². The number of halogens is 2. The number of ether oxygens (including phenoxy) is 1. The van der Waals surface area contributed by atoms with Crippen molar-refractivity contribution in [2.45, 2.75) is 16.7 Å². The predicted molar refractivity (Wildman–Crippen MR) is 102 cm³/mol. The van der Waals surface area contributed by atoms with Crippen molar-refractivity contribution in [2.75, 3.05) is 18.2 Å². The van der Waals surface area contributed by atoms with Crippen molar-refractivity contribution in [2.24, 2.45) is 5.73 Å². The molecule has 2 atom stereocenters. The van der Waals surface area contributed by atoms with Gasteiger partial charge in [0.1, 0.15) is 5.82 Å². The van der Waals surface area contributed by atoms with Crippen LogP contribution in [0.5, 0.6) is 0 Å². The molecule has 1 heterocycles. The molecule has 3 N–H and O–H groups in total. The molecule has 1 unspecified atom stereocenters. The highest BCUT2D eigenvalue weighted by molar-refractivity contribution is 8.16. The SMILES string of the molecule is COC(=O)c1cc2c(cc1F)[SH](Cc1ccc(Cl)cc1)C[C@H](N)C(=O)N2. The highest BCUT2D eigenvalue weighted by Crippen LogP contribution is 2.46. The van der Waals surface area contributed by atoms with Gasteiger partial charge in [-0.05, 0) is 29.8 Å². The van der Waals surface area contributed by atoms with Gasteiger partial charge in [0.05, 0.1) is 24.4 Å². The summed E-state index contributed by atoms with van der Waals surface area (Å²) in [5.41, 5.74) is 7.19. The number of nitrogens with two attached hydrogens (primary N) is 1. The average molecular weight is 397 g/mol. The number of nitrogens with one attached hydrogen (secondary N) is 1. The van der Waals surface area contributed by atoms with Crippen molar-refractivity contribution < 1.29 is 18.7 Å². The van der Waals surface area contributed by atoms with E-state index in [9.17, 15) is 14.0 Å². The Balaban J connectivity index is 2.03. The zero-order valence-corrected chi connectivity index (χ0v) is 15.6. The lowest BCUT2D eigenvalue weighted by Gasteiger charge is -2.23. The van der Waals surface area contributed by atoms with Gasteiger partial charge in [0, 0.05) is 21.4 Å². The van der Waals surface area contributed by atoms with Gasteiger partial charge < -0.3 is 15.8 Å². The predicted octanol–water partition coefficient (Wildman–Crippen LogP) is 3.11. The molecule has 0 saturated carbocycles. The van der Waals surface area contributed by atoms with Gasteiger partial charge in [-0.1, -0.05) is 23.7 Å². The van der Waals surface area contributed by atoms with Crippen LogP contribution >= 0.6 is 22.5 Å². The van der Waals surface area contributed by atoms with Crippen LogP contribution in [0.4, 0.5) is 10.1 Å². The molecule has 26 heavy (non-hydrogen) atoms. The second kappa shape index (κ2) is 7.65. The third kappa shape index (κ3) is 3.85. The van der Waals surface area contributed by atoms with E-state index in [1.54, 1.807) is 12.1 Å². The Labute approximate surface area is 158 Å². The zero-order valence-electron chi connectivity index (χ0n) is 14.0. The standard InChI is InChI=1S/C18H18ClFN2O3S/c1-25-18(24)12-6-15-16(7-13(12)20)26(9-14(21)17(23)22-15)8-10-2-4-11(19)5-3-10/h2-7,14,26H,8-9,21H2,1H3,(H,22,23)/t14-/m0/s1. The molecule has 0 aromatic heterocycles. The lowest BCUT2D eigenvalue weighted by atomic mass is 10.2. The lowest BCUT2D eigenvalue weighted by Crippen LogP contribution is -2.37. The van der Waals surface area contributed by atoms with E-state index in [-0.39, 0.29) is 11.5 Å². The molecule has 2 aromatic carbocycles. The first kappa shape index (κ1) is 18.7. The Morgan fingerprint density at radius 1 is 1.38 bits per heavy atom. The molecule has 138 valence electrons. The normalized spacial score (nSPS) is 20.7. The maximum atomic E-state index is 14.5. The summed E-state index contributed by atoms with van der Waals surface area (Å²) >= 11 is 5.92. The summed E-state index contributed by atoms with van der Waals surface area (Å²) in [6.45, 7) is 0. The molecule has 0 saturated heterocycles. The molecule has 1 aliphatic heterocycles. The first-order valence-electron chi connectivity index (χ1n) is 7.86. The van der Waals surface area contributed by atoms with Gasteiger partial charge in [-0.15, -0.1) is 0 Å². The Kier molecular flexibility index (Phi) is 5.50. The quantitative estimate of drug-likeness (QED) is 0.550. The lowest BCUT2D eigenvalue weighted by molar-refractivity contribution is -0.116. The Morgan fingerprint density at radius 3 is 2.73 bits per heavy atom. The summed E-state index contributed by atoms with van der Waals surface area (Å²) in [5, 5.41) is 3.33. The molecular weight excluding hydrogens is 379 g/mol. The fourth-order valence-corrected chi connectivity index (χ4v) is 5.47. The minimum Gasteiger partial charge on any atom is -0.465 e. The third-order valence-electron chi connectivity index (χ3n) is 4.13. The maximum absolute atomic E-state index is 14.5. The number of carbonyl (C=O) groups excluding carboxylic acids is 2. The summed E-state index contributed by atoms with van der Waals surface area (Å²) in [6.07, 6.45) is 0. The number of hydrogen-bond acceptors (Lipinski definition) is 4. The molecule has 0 aliphatic carbocycles. The van der Waals surface area contributed by atoms with Crippen molar-refractivity contribution in [1.29, 1.82) is 0 Å². The summed E-state index contributed by atoms with van der Waals surface area (Å²) in [4.78, 5) is 24.6. The summed E-state index contributed by atoms with van der Waals surface area (Å²) in [6, 6.07) is 9.30. The molecule has 1 aliphatic rings. The molecule has 0 radical (unpaired) electrons. The first-order chi connectivity index (χ1) is 12.4. The Morgan fingerprint density at radius 2 is 2.08 bits per heavy atom. The van der Waals surface area contributed by atoms with E-state index in [4.69, 9.17) is 17.3 Å². The smallest absolute Gasteiger partial charge is 0.340 e. The molecular formula is C18H18ClFN2O3S. The van der Waals surface area contributed by atoms with Crippen LogP contribution in [-0.4, -0.2) is 30.8 Å². The van der Waals surface area contributed by atoms with Crippen LogP contribution in [-0.2, 0) is 15.3 Å². The van der Waals surface area contributed by atoms with Gasteiger partial charge in [0.25, 0.3) is 0 Å². The third-order valence-corrected chi connectivity index (χ3v) is 7.01. The van der Waals surface area contributed by atoms with Gasteiger partial charge in [0.15, 0.2) is 0 Å². The fraction of sp³-hybridized carbons (Fsp3) is 0.222. The Bertz CT molecular complexity index is 860. The summed E-state index contributed by atoms with van der Waals surface area (Å²) < 4.78 is 19.1. The van der Waals surface area contributed by atoms with E-state index >= 15 is 0 Å². The summed E-state index contributed by atoms with van der Waals surface area (Å²) in [7, 11) is 0.214. The van der Waals surface area contributed by atoms with Crippen molar-refractivity contribution in [3.05, 3.63) is 58.4 Å². The van der Waals surface area contributed by atoms with E-state index in [1.165, 1.54) is 19.2 Å². The van der Waals surface area contributed by atoms with Crippen molar-refractivity contribution >= 4 is 40.1 Å². The number of amides is 1. The molecule has 3 rings (SSSR count). The van der Waals surface area contributed by atoms with Gasteiger partial charge in [-0.25, -0.2) is 20.1 Å². The minimum absolute atomic E-state index is 0.219. The van der Waals surface area contributed by atoms with E-state index in [0.29, 0.717) is 27.1 Å². The van der Waals surface area contributed by atoms with E-state index in [1.807, 2.05) is 12.1 Å². The van der Waals surface area contributed by atoms with Crippen LogP contribution in [0.3, 0.4) is 0 Å². The van der Waals surface area contributed by atoms with Crippen molar-refractivity contribution in [3.8, 4) is 0 Å². The molecule has 0 fully saturated rings. The van der Waals surface area contributed by atoms with Crippen LogP contribution in [0.1, 0.15) is 15.9 Å². The second-order valence-corrected chi connectivity index (χ2v) is 8.62. The van der Waals surface area contributed by atoms with Crippen molar-refractivity contribution in [1.82, 2.24) is 0 Å². The maximum Gasteiger partial charge on any atom is 0.340 e. The number of benzene rings is 2. The second-order valence-electron chi connectivity index (χ2n) is 5.94. The molecule has 5 nitrogen and oxygen atoms in total. The van der Waals surface area contributed by atoms with E-state index < -0.39 is 28.7 Å². The number of methoxy groups -OCH3 is 1. The zero-order chi connectivity index (χ0) is 18.8. The minimum atomic E-state index is -0.962. The van der Waals surface area contributed by atoms with Crippen LogP contribution in [0.2, 0.25) is 5.02 Å². The average Bonchev–Trinajstić information content (AvgIpc) is 2.73. The summed E-state index contributed by atoms with van der Waals surface area (Å²) in [5.74, 6) is -0.777. The van der Waals surface area contributed by atoms with Crippen LogP contribution in [0.15, 0.2) is 41.3 Å². The monoisotopic (exact) mass is 396 g/mol.